The van der Waals surface area contributed by atoms with Crippen LogP contribution in [0.4, 0.5) is 11.4 Å². The summed E-state index contributed by atoms with van der Waals surface area (Å²) in [6.45, 7) is 5.45. The maximum Gasteiger partial charge on any atom is 0.305 e. The zero-order valence-electron chi connectivity index (χ0n) is 24.4. The van der Waals surface area contributed by atoms with E-state index in [0.717, 1.165) is 58.5 Å². The van der Waals surface area contributed by atoms with Crippen molar-refractivity contribution in [3.05, 3.63) is 119 Å². The Morgan fingerprint density at radius 3 is 1.98 bits per heavy atom. The number of ether oxygens (including phenoxy) is 2. The van der Waals surface area contributed by atoms with Gasteiger partial charge >= 0.3 is 5.97 Å². The molecule has 4 aromatic rings. The van der Waals surface area contributed by atoms with Crippen LogP contribution in [0.3, 0.4) is 0 Å². The second kappa shape index (κ2) is 14.5. The first kappa shape index (κ1) is 30.7. The van der Waals surface area contributed by atoms with Crippen LogP contribution in [0.1, 0.15) is 42.0 Å². The Labute approximate surface area is 249 Å². The van der Waals surface area contributed by atoms with Gasteiger partial charge in [0.15, 0.2) is 0 Å². The van der Waals surface area contributed by atoms with Gasteiger partial charge in [-0.15, -0.1) is 0 Å². The van der Waals surface area contributed by atoms with Gasteiger partial charge in [0.2, 0.25) is 10.0 Å². The Kier molecular flexibility index (Phi) is 10.6. The summed E-state index contributed by atoms with van der Waals surface area (Å²) in [4.78, 5) is 13.8. The third-order valence-corrected chi connectivity index (χ3v) is 7.36. The SMILES string of the molecule is CCOC(=O)CCCc1ccc(Oc2ccc(CN(Cc3ccccc3)c3cccc(NS(C)(=O)=O)c3C)cc2)cc1. The van der Waals surface area contributed by atoms with Crippen LogP contribution in [-0.4, -0.2) is 27.2 Å². The van der Waals surface area contributed by atoms with Crippen LogP contribution in [-0.2, 0) is 39.1 Å². The van der Waals surface area contributed by atoms with Gasteiger partial charge in [-0.2, -0.15) is 0 Å². The van der Waals surface area contributed by atoms with Crippen LogP contribution in [0.5, 0.6) is 11.5 Å². The molecule has 4 aromatic carbocycles. The fourth-order valence-electron chi connectivity index (χ4n) is 4.72. The van der Waals surface area contributed by atoms with Gasteiger partial charge in [-0.05, 0) is 85.3 Å². The molecule has 0 atom stereocenters. The van der Waals surface area contributed by atoms with Crippen LogP contribution < -0.4 is 14.4 Å². The Morgan fingerprint density at radius 1 is 0.786 bits per heavy atom. The highest BCUT2D eigenvalue weighted by atomic mass is 32.2. The van der Waals surface area contributed by atoms with Crippen LogP contribution in [0, 0.1) is 6.92 Å². The van der Waals surface area contributed by atoms with Gasteiger partial charge in [-0.3, -0.25) is 9.52 Å². The molecule has 0 aliphatic rings. The maximum absolute atomic E-state index is 11.9. The van der Waals surface area contributed by atoms with Crippen molar-refractivity contribution >= 4 is 27.4 Å². The van der Waals surface area contributed by atoms with Crippen LogP contribution in [0.2, 0.25) is 0 Å². The van der Waals surface area contributed by atoms with Gasteiger partial charge in [-0.1, -0.05) is 60.7 Å². The molecule has 0 spiro atoms. The molecular formula is C34H38N2O5S. The standard InChI is InChI=1S/C34H38N2O5S/c1-4-40-34(37)15-8-12-27-16-20-30(21-17-27)41-31-22-18-29(19-23-31)25-36(24-28-10-6-5-7-11-28)33-14-9-13-32(26(33)2)35-42(3,38)39/h5-7,9-11,13-14,16-23,35H,4,8,12,15,24-25H2,1-3H3. The highest BCUT2D eigenvalue weighted by Crippen LogP contribution is 2.30. The lowest BCUT2D eigenvalue weighted by Gasteiger charge is -2.28. The number of nitrogens with zero attached hydrogens (tertiary/aromatic N) is 1. The summed E-state index contributed by atoms with van der Waals surface area (Å²) in [7, 11) is -3.40. The van der Waals surface area contributed by atoms with E-state index in [4.69, 9.17) is 9.47 Å². The quantitative estimate of drug-likeness (QED) is 0.157. The van der Waals surface area contributed by atoms with Crippen molar-refractivity contribution in [1.82, 2.24) is 0 Å². The second-order valence-electron chi connectivity index (χ2n) is 10.2. The fourth-order valence-corrected chi connectivity index (χ4v) is 5.34. The molecule has 7 nitrogen and oxygen atoms in total. The molecule has 0 amide bonds. The van der Waals surface area contributed by atoms with E-state index in [0.29, 0.717) is 31.8 Å². The number of benzene rings is 4. The first-order valence-corrected chi connectivity index (χ1v) is 16.0. The van der Waals surface area contributed by atoms with Crippen molar-refractivity contribution in [3.63, 3.8) is 0 Å². The number of hydrogen-bond donors (Lipinski definition) is 1. The van der Waals surface area contributed by atoms with Crippen molar-refractivity contribution in [2.75, 3.05) is 22.5 Å². The molecule has 0 fully saturated rings. The molecule has 0 aliphatic carbocycles. The van der Waals surface area contributed by atoms with Gasteiger partial charge in [0.25, 0.3) is 0 Å². The number of rotatable bonds is 14. The second-order valence-corrected chi connectivity index (χ2v) is 12.0. The average molecular weight is 587 g/mol. The van der Waals surface area contributed by atoms with Gasteiger partial charge in [0.1, 0.15) is 11.5 Å². The van der Waals surface area contributed by atoms with Crippen LogP contribution >= 0.6 is 0 Å². The summed E-state index contributed by atoms with van der Waals surface area (Å²) in [5.74, 6) is 1.32. The lowest BCUT2D eigenvalue weighted by molar-refractivity contribution is -0.143. The third-order valence-electron chi connectivity index (χ3n) is 6.77. The lowest BCUT2D eigenvalue weighted by atomic mass is 10.1. The normalized spacial score (nSPS) is 11.1. The first-order chi connectivity index (χ1) is 20.2. The Hall–Kier alpha value is -4.30. The van der Waals surface area contributed by atoms with E-state index in [2.05, 4.69) is 21.8 Å². The molecular weight excluding hydrogens is 548 g/mol. The Bertz CT molecular complexity index is 1550. The minimum Gasteiger partial charge on any atom is -0.466 e. The van der Waals surface area contributed by atoms with E-state index in [1.54, 1.807) is 6.07 Å². The van der Waals surface area contributed by atoms with E-state index in [1.165, 1.54) is 0 Å². The van der Waals surface area contributed by atoms with Crippen molar-refractivity contribution in [1.29, 1.82) is 0 Å². The molecule has 8 heteroatoms. The highest BCUT2D eigenvalue weighted by molar-refractivity contribution is 7.92. The van der Waals surface area contributed by atoms with E-state index < -0.39 is 10.0 Å². The van der Waals surface area contributed by atoms with Crippen molar-refractivity contribution < 1.29 is 22.7 Å². The van der Waals surface area contributed by atoms with Crippen LogP contribution in [0.15, 0.2) is 97.1 Å². The largest absolute Gasteiger partial charge is 0.466 e. The molecule has 4 rings (SSSR count). The predicted molar refractivity (Wildman–Crippen MR) is 169 cm³/mol. The van der Waals surface area contributed by atoms with Crippen molar-refractivity contribution in [3.8, 4) is 11.5 Å². The third kappa shape index (κ3) is 9.38. The van der Waals surface area contributed by atoms with E-state index in [9.17, 15) is 13.2 Å². The average Bonchev–Trinajstić information content (AvgIpc) is 2.96. The molecule has 0 unspecified atom stereocenters. The summed E-state index contributed by atoms with van der Waals surface area (Å²) in [5, 5.41) is 0. The molecule has 220 valence electrons. The maximum atomic E-state index is 11.9. The summed E-state index contributed by atoms with van der Waals surface area (Å²) in [5.41, 5.74) is 5.78. The van der Waals surface area contributed by atoms with Gasteiger partial charge in [0, 0.05) is 25.2 Å². The van der Waals surface area contributed by atoms with Crippen LogP contribution in [0.25, 0.3) is 0 Å². The smallest absolute Gasteiger partial charge is 0.305 e. The zero-order valence-corrected chi connectivity index (χ0v) is 25.2. The van der Waals surface area contributed by atoms with Gasteiger partial charge in [0.05, 0.1) is 18.6 Å². The fraction of sp³-hybridized carbons (Fsp3) is 0.265. The Balaban J connectivity index is 1.44. The molecule has 42 heavy (non-hydrogen) atoms. The van der Waals surface area contributed by atoms with Crippen molar-refractivity contribution in [2.45, 2.75) is 46.2 Å². The number of carbonyl (C=O) groups excluding carboxylic acids is 1. The minimum absolute atomic E-state index is 0.156. The molecule has 0 aromatic heterocycles. The number of carbonyl (C=O) groups is 1. The number of anilines is 2. The zero-order chi connectivity index (χ0) is 30.0. The highest BCUT2D eigenvalue weighted by Gasteiger charge is 2.15. The molecule has 0 saturated heterocycles. The molecule has 0 radical (unpaired) electrons. The van der Waals surface area contributed by atoms with E-state index in [1.807, 2.05) is 92.7 Å². The van der Waals surface area contributed by atoms with Crippen molar-refractivity contribution in [2.24, 2.45) is 0 Å². The Morgan fingerprint density at radius 2 is 1.38 bits per heavy atom. The molecule has 0 aliphatic heterocycles. The molecule has 0 heterocycles. The number of nitrogens with one attached hydrogen (secondary N) is 1. The minimum atomic E-state index is -3.40. The number of esters is 1. The lowest BCUT2D eigenvalue weighted by Crippen LogP contribution is -2.23. The van der Waals surface area contributed by atoms with E-state index >= 15 is 0 Å². The topological polar surface area (TPSA) is 84.9 Å². The molecule has 0 saturated carbocycles. The number of sulfonamides is 1. The summed E-state index contributed by atoms with van der Waals surface area (Å²) >= 11 is 0. The predicted octanol–water partition coefficient (Wildman–Crippen LogP) is 7.25. The number of hydrogen-bond acceptors (Lipinski definition) is 6. The summed E-state index contributed by atoms with van der Waals surface area (Å²) < 4.78 is 37.6. The molecule has 1 N–H and O–H groups in total. The summed E-state index contributed by atoms with van der Waals surface area (Å²) in [6, 6.07) is 31.8. The number of aryl methyl sites for hydroxylation is 1. The molecule has 0 bridgehead atoms. The summed E-state index contributed by atoms with van der Waals surface area (Å²) in [6.07, 6.45) is 3.14. The monoisotopic (exact) mass is 586 g/mol. The van der Waals surface area contributed by atoms with E-state index in [-0.39, 0.29) is 5.97 Å². The van der Waals surface area contributed by atoms with Gasteiger partial charge in [-0.25, -0.2) is 8.42 Å². The first-order valence-electron chi connectivity index (χ1n) is 14.1. The van der Waals surface area contributed by atoms with Gasteiger partial charge < -0.3 is 14.4 Å².